The Morgan fingerprint density at radius 2 is 1.88 bits per heavy atom. The van der Waals surface area contributed by atoms with Crippen molar-refractivity contribution in [2.75, 3.05) is 37.3 Å². The number of rotatable bonds is 8. The molecule has 0 radical (unpaired) electrons. The van der Waals surface area contributed by atoms with Crippen LogP contribution in [0.5, 0.6) is 5.75 Å². The Kier molecular flexibility index (Phi) is 8.92. The molecular formula is C26H29F4N5O6S. The molecule has 42 heavy (non-hydrogen) atoms. The minimum Gasteiger partial charge on any atom is -0.415 e. The second-order valence-electron chi connectivity index (χ2n) is 9.82. The Morgan fingerprint density at radius 3 is 2.52 bits per heavy atom. The number of fused-ring (bicyclic) bond motifs is 1. The predicted octanol–water partition coefficient (Wildman–Crippen LogP) is 1.74. The second kappa shape index (κ2) is 12.0. The molecule has 16 heteroatoms. The number of hydrogen-bond acceptors (Lipinski definition) is 9. The van der Waals surface area contributed by atoms with E-state index in [0.29, 0.717) is 24.0 Å². The summed E-state index contributed by atoms with van der Waals surface area (Å²) in [7, 11) is -2.40. The molecule has 7 N–H and O–H groups in total. The number of ether oxygens (including phenoxy) is 1. The standard InChI is InChI=1S/C26H29F4N5O6S/c1-34-11-9-21(19(27)14-34)33-20-5-2-6-23-18(20)12-16(35(23)15-25(28,29)30)4-3-10-32-22-8-7-17(42(31,39)40)13-24(22)41-26(36,37)38/h2,5-8,12-13,19,21,32-33,36-38H,9-11,14-15H2,1H3,(H2,31,39,40). The molecule has 228 valence electrons. The Hall–Kier alpha value is -3.59. The Morgan fingerprint density at radius 1 is 1.14 bits per heavy atom. The Balaban J connectivity index is 1.62. The fourth-order valence-electron chi connectivity index (χ4n) is 4.61. The van der Waals surface area contributed by atoms with Crippen LogP contribution >= 0.6 is 0 Å². The van der Waals surface area contributed by atoms with E-state index in [1.54, 1.807) is 12.1 Å². The minimum absolute atomic E-state index is 0.0275. The average molecular weight is 616 g/mol. The molecule has 1 aromatic heterocycles. The number of nitrogens with zero attached hydrogens (tertiary/aromatic N) is 2. The summed E-state index contributed by atoms with van der Waals surface area (Å²) in [5, 5.41) is 38.9. The summed E-state index contributed by atoms with van der Waals surface area (Å²) in [6.07, 6.45) is -8.87. The molecule has 2 unspecified atom stereocenters. The maximum absolute atomic E-state index is 14.7. The number of primary sulfonamides is 1. The van der Waals surface area contributed by atoms with E-state index in [1.165, 1.54) is 12.1 Å². The van der Waals surface area contributed by atoms with Crippen molar-refractivity contribution in [3.05, 3.63) is 48.2 Å². The van der Waals surface area contributed by atoms with Crippen LogP contribution in [0, 0.1) is 11.8 Å². The topological polar surface area (TPSA) is 162 Å². The van der Waals surface area contributed by atoms with Gasteiger partial charge in [0, 0.05) is 30.2 Å². The summed E-state index contributed by atoms with van der Waals surface area (Å²) in [4.78, 5) is 1.40. The van der Waals surface area contributed by atoms with Crippen LogP contribution in [0.1, 0.15) is 12.1 Å². The largest absolute Gasteiger partial charge is 0.453 e. The van der Waals surface area contributed by atoms with Gasteiger partial charge in [-0.2, -0.15) is 13.2 Å². The van der Waals surface area contributed by atoms with Gasteiger partial charge in [-0.1, -0.05) is 12.0 Å². The highest BCUT2D eigenvalue weighted by Crippen LogP contribution is 2.32. The number of halogens is 4. The van der Waals surface area contributed by atoms with Gasteiger partial charge in [0.2, 0.25) is 10.0 Å². The first kappa shape index (κ1) is 31.3. The van der Waals surface area contributed by atoms with Crippen LogP contribution in [0.4, 0.5) is 28.9 Å². The van der Waals surface area contributed by atoms with Gasteiger partial charge in [0.05, 0.1) is 34.4 Å². The van der Waals surface area contributed by atoms with Gasteiger partial charge in [0.1, 0.15) is 12.7 Å². The highest BCUT2D eigenvalue weighted by molar-refractivity contribution is 7.89. The average Bonchev–Trinajstić information content (AvgIpc) is 3.19. The van der Waals surface area contributed by atoms with Crippen LogP contribution in [0.25, 0.3) is 10.9 Å². The number of aromatic nitrogens is 1. The molecule has 4 rings (SSSR count). The molecule has 11 nitrogen and oxygen atoms in total. The number of piperidine rings is 1. The van der Waals surface area contributed by atoms with Gasteiger partial charge in [0.15, 0.2) is 5.75 Å². The maximum atomic E-state index is 14.7. The molecule has 2 atom stereocenters. The van der Waals surface area contributed by atoms with Crippen LogP contribution in [0.15, 0.2) is 47.4 Å². The Bertz CT molecular complexity index is 1610. The van der Waals surface area contributed by atoms with Crippen molar-refractivity contribution in [3.8, 4) is 17.6 Å². The van der Waals surface area contributed by atoms with Gasteiger partial charge in [-0.15, -0.1) is 0 Å². The van der Waals surface area contributed by atoms with E-state index in [0.717, 1.165) is 22.8 Å². The first-order chi connectivity index (χ1) is 19.5. The zero-order chi connectivity index (χ0) is 30.9. The summed E-state index contributed by atoms with van der Waals surface area (Å²) in [5.41, 5.74) is 0.709. The normalized spacial score (nSPS) is 18.4. The van der Waals surface area contributed by atoms with Crippen LogP contribution in [0.3, 0.4) is 0 Å². The number of hydrogen-bond donors (Lipinski definition) is 6. The lowest BCUT2D eigenvalue weighted by molar-refractivity contribution is -0.419. The van der Waals surface area contributed by atoms with E-state index < -0.39 is 51.8 Å². The lowest BCUT2D eigenvalue weighted by Gasteiger charge is -2.33. The molecule has 1 aliphatic heterocycles. The van der Waals surface area contributed by atoms with E-state index in [9.17, 15) is 41.3 Å². The molecule has 0 aliphatic carbocycles. The van der Waals surface area contributed by atoms with Crippen molar-refractivity contribution in [2.45, 2.75) is 42.4 Å². The molecule has 0 spiro atoms. The molecule has 2 heterocycles. The summed E-state index contributed by atoms with van der Waals surface area (Å²) >= 11 is 0. The SMILES string of the molecule is CN1CCC(Nc2cccc3c2cc(C#CCNc2ccc(S(N)(=O)=O)cc2OC(O)(O)O)n3CC(F)(F)F)C(F)C1. The van der Waals surface area contributed by atoms with Gasteiger partial charge < -0.3 is 40.2 Å². The molecule has 0 amide bonds. The van der Waals surface area contributed by atoms with Crippen molar-refractivity contribution in [1.29, 1.82) is 0 Å². The van der Waals surface area contributed by atoms with Crippen molar-refractivity contribution < 1.29 is 46.0 Å². The number of sulfonamides is 1. The van der Waals surface area contributed by atoms with Crippen LogP contribution in [-0.4, -0.2) is 84.4 Å². The molecule has 1 saturated heterocycles. The van der Waals surface area contributed by atoms with Gasteiger partial charge in [-0.3, -0.25) is 0 Å². The van der Waals surface area contributed by atoms with Gasteiger partial charge >= 0.3 is 12.3 Å². The third-order valence-corrected chi connectivity index (χ3v) is 7.39. The van der Waals surface area contributed by atoms with Crippen molar-refractivity contribution >= 4 is 32.3 Å². The quantitative estimate of drug-likeness (QED) is 0.126. The third-order valence-electron chi connectivity index (χ3n) is 6.48. The predicted molar refractivity (Wildman–Crippen MR) is 146 cm³/mol. The minimum atomic E-state index is -4.56. The fraction of sp³-hybridized carbons (Fsp3) is 0.385. The summed E-state index contributed by atoms with van der Waals surface area (Å²) in [5.74, 6) is 4.83. The first-order valence-electron chi connectivity index (χ1n) is 12.5. The van der Waals surface area contributed by atoms with E-state index in [1.807, 2.05) is 11.9 Å². The highest BCUT2D eigenvalue weighted by Gasteiger charge is 2.31. The molecule has 0 saturated carbocycles. The van der Waals surface area contributed by atoms with Crippen molar-refractivity contribution in [2.24, 2.45) is 5.14 Å². The van der Waals surface area contributed by atoms with Gasteiger partial charge in [0.25, 0.3) is 0 Å². The summed E-state index contributed by atoms with van der Waals surface area (Å²) in [6.45, 7) is -0.645. The second-order valence-corrected chi connectivity index (χ2v) is 11.4. The molecular weight excluding hydrogens is 586 g/mol. The summed E-state index contributed by atoms with van der Waals surface area (Å²) < 4.78 is 84.0. The zero-order valence-electron chi connectivity index (χ0n) is 22.2. The fourth-order valence-corrected chi connectivity index (χ4v) is 5.14. The number of alkyl halides is 4. The monoisotopic (exact) mass is 615 g/mol. The van der Waals surface area contributed by atoms with Gasteiger partial charge in [-0.25, -0.2) is 17.9 Å². The zero-order valence-corrected chi connectivity index (χ0v) is 23.0. The molecule has 1 fully saturated rings. The molecule has 0 bridgehead atoms. The highest BCUT2D eigenvalue weighted by atomic mass is 32.2. The Labute approximate surface area is 238 Å². The maximum Gasteiger partial charge on any atom is 0.453 e. The number of nitrogens with one attached hydrogen (secondary N) is 2. The van der Waals surface area contributed by atoms with Gasteiger partial charge in [-0.05, 0) is 49.7 Å². The van der Waals surface area contributed by atoms with E-state index in [4.69, 9.17) is 5.14 Å². The summed E-state index contributed by atoms with van der Waals surface area (Å²) in [6, 6.07) is 8.78. The number of nitrogens with two attached hydrogens (primary N) is 1. The molecule has 1 aliphatic rings. The molecule has 2 aromatic carbocycles. The van der Waals surface area contributed by atoms with Crippen molar-refractivity contribution in [1.82, 2.24) is 9.47 Å². The number of likely N-dealkylation sites (tertiary alicyclic amines) is 1. The first-order valence-corrected chi connectivity index (χ1v) is 14.1. The smallest absolute Gasteiger partial charge is 0.415 e. The van der Waals surface area contributed by atoms with E-state index in [2.05, 4.69) is 27.2 Å². The third kappa shape index (κ3) is 8.03. The lowest BCUT2D eigenvalue weighted by atomic mass is 10.0. The van der Waals surface area contributed by atoms with Crippen LogP contribution in [-0.2, 0) is 16.6 Å². The number of anilines is 2. The number of aliphatic hydroxyl groups is 3. The number of benzene rings is 2. The van der Waals surface area contributed by atoms with E-state index in [-0.39, 0.29) is 30.0 Å². The van der Waals surface area contributed by atoms with Crippen molar-refractivity contribution in [3.63, 3.8) is 0 Å². The lowest BCUT2D eigenvalue weighted by Crippen LogP contribution is -2.46. The molecule has 3 aromatic rings. The van der Waals surface area contributed by atoms with Crippen LogP contribution < -0.4 is 20.5 Å². The van der Waals surface area contributed by atoms with E-state index >= 15 is 0 Å². The van der Waals surface area contributed by atoms with Crippen LogP contribution in [0.2, 0.25) is 0 Å².